The zero-order chi connectivity index (χ0) is 16.7. The number of halogens is 3. The highest BCUT2D eigenvalue weighted by atomic mass is 19.4. The van der Waals surface area contributed by atoms with Crippen LogP contribution in [-0.4, -0.2) is 5.71 Å². The van der Waals surface area contributed by atoms with Crippen LogP contribution in [0.1, 0.15) is 29.3 Å². The first-order chi connectivity index (χ1) is 11.5. The zero-order valence-electron chi connectivity index (χ0n) is 12.5. The molecule has 1 atom stereocenters. The van der Waals surface area contributed by atoms with Crippen molar-refractivity contribution in [1.29, 1.82) is 0 Å². The van der Waals surface area contributed by atoms with E-state index in [-0.39, 0.29) is 11.6 Å². The molecule has 0 saturated heterocycles. The third-order valence-electron chi connectivity index (χ3n) is 4.09. The van der Waals surface area contributed by atoms with Gasteiger partial charge in [0.15, 0.2) is 5.76 Å². The molecule has 24 heavy (non-hydrogen) atoms. The number of hydrogen-bond donors (Lipinski definition) is 1. The van der Waals surface area contributed by atoms with Crippen LogP contribution in [-0.2, 0) is 6.18 Å². The first-order valence-electron chi connectivity index (χ1n) is 7.49. The minimum Gasteiger partial charge on any atom is -0.455 e. The Balaban J connectivity index is 1.61. The lowest BCUT2D eigenvalue weighted by Crippen LogP contribution is -2.09. The van der Waals surface area contributed by atoms with E-state index in [1.165, 1.54) is 6.07 Å². The Labute approximate surface area is 135 Å². The van der Waals surface area contributed by atoms with Crippen molar-refractivity contribution in [2.75, 3.05) is 0 Å². The standard InChI is InChI=1S/C18H13F3N2O/c19-18(20,21)13-7-6-12-8-17(24-16(12)9-13)15-10-14(22-23-15)11-4-2-1-3-5-11/h1-9,14,22H,10H2. The Morgan fingerprint density at radius 2 is 1.83 bits per heavy atom. The number of hydrogen-bond acceptors (Lipinski definition) is 3. The Hall–Kier alpha value is -2.76. The molecule has 1 aromatic heterocycles. The number of rotatable bonds is 2. The molecule has 1 aliphatic heterocycles. The van der Waals surface area contributed by atoms with Gasteiger partial charge in [0.25, 0.3) is 0 Å². The molecule has 2 heterocycles. The van der Waals surface area contributed by atoms with Crippen LogP contribution in [0.5, 0.6) is 0 Å². The van der Waals surface area contributed by atoms with Crippen LogP contribution in [0.25, 0.3) is 11.0 Å². The van der Waals surface area contributed by atoms with Crippen LogP contribution in [0.3, 0.4) is 0 Å². The summed E-state index contributed by atoms with van der Waals surface area (Å²) in [6, 6.07) is 15.1. The minimum atomic E-state index is -4.38. The van der Waals surface area contributed by atoms with Crippen molar-refractivity contribution in [2.24, 2.45) is 5.10 Å². The Bertz CT molecular complexity index is 913. The monoisotopic (exact) mass is 330 g/mol. The number of hydrazone groups is 1. The van der Waals surface area contributed by atoms with Gasteiger partial charge in [-0.15, -0.1) is 0 Å². The number of benzene rings is 2. The second-order valence-electron chi connectivity index (χ2n) is 5.72. The second-order valence-corrected chi connectivity index (χ2v) is 5.72. The molecule has 0 aliphatic carbocycles. The van der Waals surface area contributed by atoms with E-state index in [9.17, 15) is 13.2 Å². The van der Waals surface area contributed by atoms with Crippen molar-refractivity contribution in [3.63, 3.8) is 0 Å². The van der Waals surface area contributed by atoms with E-state index >= 15 is 0 Å². The average molecular weight is 330 g/mol. The van der Waals surface area contributed by atoms with Crippen LogP contribution in [0.4, 0.5) is 13.2 Å². The fourth-order valence-electron chi connectivity index (χ4n) is 2.82. The lowest BCUT2D eigenvalue weighted by Gasteiger charge is -2.08. The largest absolute Gasteiger partial charge is 0.455 e. The summed E-state index contributed by atoms with van der Waals surface area (Å²) in [6.07, 6.45) is -3.76. The summed E-state index contributed by atoms with van der Waals surface area (Å²) in [5.74, 6) is 0.496. The normalized spacial score (nSPS) is 17.8. The second kappa shape index (κ2) is 5.40. The lowest BCUT2D eigenvalue weighted by atomic mass is 10.0. The SMILES string of the molecule is FC(F)(F)c1ccc2cc(C3=NNC(c4ccccc4)C3)oc2c1. The number of alkyl halides is 3. The maximum absolute atomic E-state index is 12.8. The molecule has 0 spiro atoms. The molecule has 2 aromatic carbocycles. The average Bonchev–Trinajstić information content (AvgIpc) is 3.21. The molecule has 3 nitrogen and oxygen atoms in total. The molecule has 6 heteroatoms. The summed E-state index contributed by atoms with van der Waals surface area (Å²) in [5, 5.41) is 4.91. The molecule has 3 aromatic rings. The van der Waals surface area contributed by atoms with Gasteiger partial charge in [0.1, 0.15) is 11.3 Å². The van der Waals surface area contributed by atoms with Gasteiger partial charge in [-0.2, -0.15) is 18.3 Å². The summed E-state index contributed by atoms with van der Waals surface area (Å²) in [5.41, 5.74) is 4.35. The molecule has 1 aliphatic rings. The van der Waals surface area contributed by atoms with E-state index < -0.39 is 11.7 Å². The quantitative estimate of drug-likeness (QED) is 0.726. The highest BCUT2D eigenvalue weighted by molar-refractivity contribution is 6.02. The number of fused-ring (bicyclic) bond motifs is 1. The van der Waals surface area contributed by atoms with Gasteiger partial charge in [0, 0.05) is 11.8 Å². The minimum absolute atomic E-state index is 0.0418. The number of nitrogens with zero attached hydrogens (tertiary/aromatic N) is 1. The highest BCUT2D eigenvalue weighted by Gasteiger charge is 2.31. The van der Waals surface area contributed by atoms with Crippen molar-refractivity contribution in [3.8, 4) is 0 Å². The van der Waals surface area contributed by atoms with Crippen LogP contribution < -0.4 is 5.43 Å². The molecule has 0 radical (unpaired) electrons. The van der Waals surface area contributed by atoms with Gasteiger partial charge in [-0.1, -0.05) is 36.4 Å². The highest BCUT2D eigenvalue weighted by Crippen LogP contribution is 2.33. The van der Waals surface area contributed by atoms with E-state index in [1.807, 2.05) is 30.3 Å². The summed E-state index contributed by atoms with van der Waals surface area (Å²) < 4.78 is 44.0. The molecule has 0 saturated carbocycles. The van der Waals surface area contributed by atoms with E-state index in [1.54, 1.807) is 6.07 Å². The van der Waals surface area contributed by atoms with Crippen molar-refractivity contribution in [2.45, 2.75) is 18.6 Å². The summed E-state index contributed by atoms with van der Waals surface area (Å²) >= 11 is 0. The van der Waals surface area contributed by atoms with E-state index in [0.29, 0.717) is 23.3 Å². The maximum Gasteiger partial charge on any atom is 0.416 e. The maximum atomic E-state index is 12.8. The molecule has 122 valence electrons. The Morgan fingerprint density at radius 3 is 2.58 bits per heavy atom. The van der Waals surface area contributed by atoms with Crippen molar-refractivity contribution in [1.82, 2.24) is 5.43 Å². The molecule has 1 unspecified atom stereocenters. The van der Waals surface area contributed by atoms with Crippen molar-refractivity contribution >= 4 is 16.7 Å². The van der Waals surface area contributed by atoms with Gasteiger partial charge in [-0.3, -0.25) is 0 Å². The Morgan fingerprint density at radius 1 is 1.04 bits per heavy atom. The Kier molecular flexibility index (Phi) is 3.33. The van der Waals surface area contributed by atoms with Gasteiger partial charge in [-0.25, -0.2) is 0 Å². The van der Waals surface area contributed by atoms with E-state index in [4.69, 9.17) is 4.42 Å². The molecule has 0 fully saturated rings. The van der Waals surface area contributed by atoms with Crippen LogP contribution in [0.15, 0.2) is 64.1 Å². The van der Waals surface area contributed by atoms with Gasteiger partial charge in [0.05, 0.1) is 11.6 Å². The predicted octanol–water partition coefficient (Wildman–Crippen LogP) is 4.89. The fraction of sp³-hybridized carbons (Fsp3) is 0.167. The first-order valence-corrected chi connectivity index (χ1v) is 7.49. The van der Waals surface area contributed by atoms with Gasteiger partial charge < -0.3 is 9.84 Å². The van der Waals surface area contributed by atoms with Gasteiger partial charge >= 0.3 is 6.18 Å². The third-order valence-corrected chi connectivity index (χ3v) is 4.09. The summed E-state index contributed by atoms with van der Waals surface area (Å²) in [4.78, 5) is 0. The zero-order valence-corrected chi connectivity index (χ0v) is 12.5. The first kappa shape index (κ1) is 14.8. The molecule has 1 N–H and O–H groups in total. The summed E-state index contributed by atoms with van der Waals surface area (Å²) in [6.45, 7) is 0. The lowest BCUT2D eigenvalue weighted by molar-refractivity contribution is -0.137. The van der Waals surface area contributed by atoms with Gasteiger partial charge in [-0.05, 0) is 23.8 Å². The summed E-state index contributed by atoms with van der Waals surface area (Å²) in [7, 11) is 0. The van der Waals surface area contributed by atoms with Crippen LogP contribution >= 0.6 is 0 Å². The molecule has 0 amide bonds. The smallest absolute Gasteiger partial charge is 0.416 e. The van der Waals surface area contributed by atoms with Crippen LogP contribution in [0.2, 0.25) is 0 Å². The molecular formula is C18H13F3N2O. The van der Waals surface area contributed by atoms with Crippen molar-refractivity contribution in [3.05, 3.63) is 71.5 Å². The topological polar surface area (TPSA) is 37.5 Å². The number of nitrogens with one attached hydrogen (secondary N) is 1. The van der Waals surface area contributed by atoms with E-state index in [2.05, 4.69) is 10.5 Å². The van der Waals surface area contributed by atoms with Crippen molar-refractivity contribution < 1.29 is 17.6 Å². The fourth-order valence-corrected chi connectivity index (χ4v) is 2.82. The van der Waals surface area contributed by atoms with Crippen LogP contribution in [0, 0.1) is 0 Å². The third kappa shape index (κ3) is 2.64. The predicted molar refractivity (Wildman–Crippen MR) is 84.7 cm³/mol. The van der Waals surface area contributed by atoms with E-state index in [0.717, 1.165) is 17.7 Å². The molecule has 0 bridgehead atoms. The van der Waals surface area contributed by atoms with Gasteiger partial charge in [0.2, 0.25) is 0 Å². The molecule has 4 rings (SSSR count). The molecular weight excluding hydrogens is 317 g/mol. The number of furan rings is 1.